The van der Waals surface area contributed by atoms with E-state index in [1.165, 1.54) is 11.3 Å². The Morgan fingerprint density at radius 3 is 1.79 bits per heavy atom. The molecule has 0 bridgehead atoms. The molecular formula is C42H33ClN10OS3. The van der Waals surface area contributed by atoms with E-state index in [4.69, 9.17) is 11.6 Å². The number of nitrogens with one attached hydrogen (secondary N) is 3. The average Bonchev–Trinajstić information content (AvgIpc) is 4.04. The van der Waals surface area contributed by atoms with Crippen LogP contribution in [0.15, 0.2) is 156 Å². The SMILES string of the molecule is Cc1c(Cl)cccc1Nc1nc(-c2ccccn2)cs1.Oc1cccc(Nc2nc(-c3ccccc3)cs2)c1.c1ccc(-c2csc(Nc3cnccn3)n2)nc1. The minimum absolute atomic E-state index is 0.241. The summed E-state index contributed by atoms with van der Waals surface area (Å²) in [6.45, 7) is 1.98. The molecule has 0 atom stereocenters. The van der Waals surface area contributed by atoms with Crippen LogP contribution in [0, 0.1) is 6.92 Å². The molecule has 0 spiro atoms. The van der Waals surface area contributed by atoms with E-state index in [9.17, 15) is 5.11 Å². The lowest BCUT2D eigenvalue weighted by molar-refractivity contribution is 0.475. The molecule has 0 amide bonds. The van der Waals surface area contributed by atoms with Crippen molar-refractivity contribution in [2.24, 2.45) is 0 Å². The number of benzene rings is 3. The Bertz CT molecular complexity index is 2610. The lowest BCUT2D eigenvalue weighted by Crippen LogP contribution is -1.93. The summed E-state index contributed by atoms with van der Waals surface area (Å²) in [5, 5.41) is 28.1. The number of hydrogen-bond acceptors (Lipinski definition) is 14. The minimum Gasteiger partial charge on any atom is -0.508 e. The van der Waals surface area contributed by atoms with Gasteiger partial charge in [-0.05, 0) is 61.0 Å². The van der Waals surface area contributed by atoms with Gasteiger partial charge in [0.15, 0.2) is 21.2 Å². The predicted octanol–water partition coefficient (Wildman–Crippen LogP) is 11.9. The lowest BCUT2D eigenvalue weighted by Gasteiger charge is -2.07. The van der Waals surface area contributed by atoms with E-state index in [1.54, 1.807) is 71.9 Å². The van der Waals surface area contributed by atoms with E-state index in [-0.39, 0.29) is 5.75 Å². The van der Waals surface area contributed by atoms with Crippen LogP contribution in [0.2, 0.25) is 5.02 Å². The van der Waals surface area contributed by atoms with Crippen molar-refractivity contribution in [2.45, 2.75) is 6.92 Å². The van der Waals surface area contributed by atoms with Gasteiger partial charge in [0, 0.05) is 69.0 Å². The molecule has 282 valence electrons. The summed E-state index contributed by atoms with van der Waals surface area (Å²) in [5.74, 6) is 0.921. The fraction of sp³-hybridized carbons (Fsp3) is 0.0238. The molecule has 9 aromatic rings. The highest BCUT2D eigenvalue weighted by Crippen LogP contribution is 2.31. The van der Waals surface area contributed by atoms with Crippen LogP contribution in [0.5, 0.6) is 5.75 Å². The topological polar surface area (TPSA) is 147 Å². The summed E-state index contributed by atoms with van der Waals surface area (Å²) in [4.78, 5) is 30.2. The maximum Gasteiger partial charge on any atom is 0.188 e. The Hall–Kier alpha value is -6.58. The van der Waals surface area contributed by atoms with E-state index in [1.807, 2.05) is 114 Å². The number of hydrogen-bond donors (Lipinski definition) is 4. The third-order valence-corrected chi connectivity index (χ3v) is 10.5. The smallest absolute Gasteiger partial charge is 0.188 e. The molecule has 0 aliphatic heterocycles. The number of rotatable bonds is 9. The number of pyridine rings is 2. The van der Waals surface area contributed by atoms with Crippen molar-refractivity contribution in [3.8, 4) is 39.8 Å². The standard InChI is InChI=1S/C15H12ClN3S.C15H12N2OS.C12H9N5S/c1-10-11(16)5-4-7-12(10)18-15-19-14(9-20-15)13-6-2-3-8-17-13;18-13-8-4-7-12(9-13)16-15-17-14(10-19-15)11-5-2-1-3-6-11;1-2-4-14-9(3-1)10-8-18-12(16-10)17-11-7-13-5-6-15-11/h2-9H,1H3,(H,18,19);1-10,18H,(H,16,17);1-8H,(H,15,16,17). The molecule has 4 N–H and O–H groups in total. The number of phenols is 1. The van der Waals surface area contributed by atoms with Crippen LogP contribution in [0.4, 0.5) is 32.6 Å². The molecule has 9 rings (SSSR count). The molecule has 6 aromatic heterocycles. The average molecular weight is 825 g/mol. The molecule has 15 heteroatoms. The van der Waals surface area contributed by atoms with Gasteiger partial charge in [0.2, 0.25) is 0 Å². The zero-order valence-electron chi connectivity index (χ0n) is 30.2. The number of nitrogens with zero attached hydrogens (tertiary/aromatic N) is 7. The van der Waals surface area contributed by atoms with Gasteiger partial charge in [-0.25, -0.2) is 19.9 Å². The Morgan fingerprint density at radius 1 is 0.544 bits per heavy atom. The van der Waals surface area contributed by atoms with E-state index < -0.39 is 0 Å². The number of anilines is 6. The van der Waals surface area contributed by atoms with Crippen molar-refractivity contribution in [1.82, 2.24) is 34.9 Å². The maximum atomic E-state index is 9.42. The fourth-order valence-corrected chi connectivity index (χ4v) is 7.38. The van der Waals surface area contributed by atoms with Crippen LogP contribution < -0.4 is 16.0 Å². The molecular weight excluding hydrogens is 792 g/mol. The van der Waals surface area contributed by atoms with E-state index in [2.05, 4.69) is 50.8 Å². The normalized spacial score (nSPS) is 10.4. The largest absolute Gasteiger partial charge is 0.508 e. The van der Waals surface area contributed by atoms with Gasteiger partial charge >= 0.3 is 0 Å². The highest BCUT2D eigenvalue weighted by Gasteiger charge is 2.09. The number of aromatic hydroxyl groups is 1. The van der Waals surface area contributed by atoms with Crippen molar-refractivity contribution < 1.29 is 5.11 Å². The minimum atomic E-state index is 0.241. The van der Waals surface area contributed by atoms with E-state index in [0.29, 0.717) is 5.82 Å². The first-order chi connectivity index (χ1) is 28.0. The maximum absolute atomic E-state index is 9.42. The van der Waals surface area contributed by atoms with Crippen LogP contribution >= 0.6 is 45.6 Å². The Kier molecular flexibility index (Phi) is 13.1. The van der Waals surface area contributed by atoms with Gasteiger partial charge in [-0.2, -0.15) is 0 Å². The van der Waals surface area contributed by atoms with Crippen molar-refractivity contribution in [2.75, 3.05) is 16.0 Å². The summed E-state index contributed by atoms with van der Waals surface area (Å²) >= 11 is 10.7. The molecule has 3 aromatic carbocycles. The second-order valence-electron chi connectivity index (χ2n) is 11.8. The highest BCUT2D eigenvalue weighted by molar-refractivity contribution is 7.14. The van der Waals surface area contributed by atoms with E-state index in [0.717, 1.165) is 71.4 Å². The second-order valence-corrected chi connectivity index (χ2v) is 14.8. The first kappa shape index (κ1) is 38.7. The van der Waals surface area contributed by atoms with Gasteiger partial charge in [0.25, 0.3) is 0 Å². The van der Waals surface area contributed by atoms with Gasteiger partial charge < -0.3 is 21.1 Å². The monoisotopic (exact) mass is 824 g/mol. The van der Waals surface area contributed by atoms with Crippen LogP contribution in [-0.4, -0.2) is 40.0 Å². The van der Waals surface area contributed by atoms with E-state index >= 15 is 0 Å². The van der Waals surface area contributed by atoms with Crippen LogP contribution in [0.25, 0.3) is 34.0 Å². The Balaban J connectivity index is 0.000000131. The molecule has 57 heavy (non-hydrogen) atoms. The van der Waals surface area contributed by atoms with Gasteiger partial charge in [-0.15, -0.1) is 34.0 Å². The molecule has 0 radical (unpaired) electrons. The van der Waals surface area contributed by atoms with Crippen LogP contribution in [-0.2, 0) is 0 Å². The third kappa shape index (κ3) is 11.0. The van der Waals surface area contributed by atoms with Crippen molar-refractivity contribution in [3.63, 3.8) is 0 Å². The van der Waals surface area contributed by atoms with Gasteiger partial charge in [0.1, 0.15) is 17.1 Å². The molecule has 0 fully saturated rings. The molecule has 0 unspecified atom stereocenters. The number of thiazole rings is 3. The molecule has 0 saturated carbocycles. The quantitative estimate of drug-likeness (QED) is 0.110. The zero-order valence-corrected chi connectivity index (χ0v) is 33.4. The Labute approximate surface area is 345 Å². The van der Waals surface area contributed by atoms with Gasteiger partial charge in [-0.3, -0.25) is 15.0 Å². The van der Waals surface area contributed by atoms with Gasteiger partial charge in [-0.1, -0.05) is 66.2 Å². The summed E-state index contributed by atoms with van der Waals surface area (Å²) in [7, 11) is 0. The molecule has 11 nitrogen and oxygen atoms in total. The molecule has 0 saturated heterocycles. The highest BCUT2D eigenvalue weighted by atomic mass is 35.5. The van der Waals surface area contributed by atoms with Crippen LogP contribution in [0.3, 0.4) is 0 Å². The summed E-state index contributed by atoms with van der Waals surface area (Å²) < 4.78 is 0. The second kappa shape index (κ2) is 19.3. The molecule has 0 aliphatic rings. The third-order valence-electron chi connectivity index (χ3n) is 7.84. The fourth-order valence-electron chi connectivity index (χ4n) is 5.04. The number of aromatic nitrogens is 7. The summed E-state index contributed by atoms with van der Waals surface area (Å²) in [6, 6.07) is 34.4. The number of halogens is 1. The number of phenolic OH excluding ortho intramolecular Hbond substituents is 1. The molecule has 0 aliphatic carbocycles. The van der Waals surface area contributed by atoms with Crippen molar-refractivity contribution >= 4 is 78.2 Å². The van der Waals surface area contributed by atoms with Gasteiger partial charge in [0.05, 0.1) is 23.3 Å². The first-order valence-electron chi connectivity index (χ1n) is 17.3. The van der Waals surface area contributed by atoms with Crippen LogP contribution in [0.1, 0.15) is 5.56 Å². The zero-order chi connectivity index (χ0) is 39.2. The van der Waals surface area contributed by atoms with Crippen molar-refractivity contribution in [1.29, 1.82) is 0 Å². The predicted molar refractivity (Wildman–Crippen MR) is 234 cm³/mol. The summed E-state index contributed by atoms with van der Waals surface area (Å²) in [6.07, 6.45) is 8.44. The summed E-state index contributed by atoms with van der Waals surface area (Å²) in [5.41, 5.74) is 8.33. The lowest BCUT2D eigenvalue weighted by atomic mass is 10.2. The van der Waals surface area contributed by atoms with Crippen molar-refractivity contribution in [3.05, 3.63) is 167 Å². The first-order valence-corrected chi connectivity index (χ1v) is 20.3. The Morgan fingerprint density at radius 2 is 1.16 bits per heavy atom. The molecule has 6 heterocycles.